The quantitative estimate of drug-likeness (QED) is 0.825. The first-order chi connectivity index (χ1) is 9.13. The summed E-state index contributed by atoms with van der Waals surface area (Å²) < 4.78 is 18.8. The normalized spacial score (nSPS) is 17.3. The lowest BCUT2D eigenvalue weighted by Crippen LogP contribution is -2.23. The Morgan fingerprint density at radius 3 is 2.63 bits per heavy atom. The van der Waals surface area contributed by atoms with Crippen molar-refractivity contribution in [3.05, 3.63) is 57.8 Å². The molecule has 0 fully saturated rings. The van der Waals surface area contributed by atoms with Crippen LogP contribution in [0.1, 0.15) is 11.7 Å². The minimum atomic E-state index is -0.266. The van der Waals surface area contributed by atoms with E-state index in [9.17, 15) is 4.39 Å². The number of rotatable bonds is 1. The van der Waals surface area contributed by atoms with Crippen molar-refractivity contribution in [2.45, 2.75) is 6.10 Å². The first-order valence-electron chi connectivity index (χ1n) is 5.78. The summed E-state index contributed by atoms with van der Waals surface area (Å²) >= 11 is 12.0. The molecule has 3 rings (SSSR count). The van der Waals surface area contributed by atoms with Crippen LogP contribution in [0.3, 0.4) is 0 Å². The second-order valence-electron chi connectivity index (χ2n) is 4.30. The van der Waals surface area contributed by atoms with Gasteiger partial charge in [0, 0.05) is 5.02 Å². The smallest absolute Gasteiger partial charge is 0.162 e. The van der Waals surface area contributed by atoms with Crippen LogP contribution < -0.4 is 10.1 Å². The van der Waals surface area contributed by atoms with E-state index >= 15 is 0 Å². The summed E-state index contributed by atoms with van der Waals surface area (Å²) in [5.41, 5.74) is 1.67. The topological polar surface area (TPSA) is 21.3 Å². The molecule has 0 bridgehead atoms. The lowest BCUT2D eigenvalue weighted by molar-refractivity contribution is 0.210. The second-order valence-corrected chi connectivity index (χ2v) is 5.15. The Balaban J connectivity index is 1.92. The van der Waals surface area contributed by atoms with Crippen LogP contribution >= 0.6 is 23.2 Å². The summed E-state index contributed by atoms with van der Waals surface area (Å²) in [4.78, 5) is 0. The van der Waals surface area contributed by atoms with E-state index in [0.29, 0.717) is 22.3 Å². The molecule has 0 radical (unpaired) electrons. The number of halogens is 3. The SMILES string of the molecule is Fc1ccc(C2CNc3cc(Cl)cc(Cl)c3O2)cc1. The molecule has 0 spiro atoms. The average Bonchev–Trinajstić information content (AvgIpc) is 2.39. The number of benzene rings is 2. The molecule has 2 nitrogen and oxygen atoms in total. The van der Waals surface area contributed by atoms with Crippen molar-refractivity contribution < 1.29 is 9.13 Å². The fourth-order valence-corrected chi connectivity index (χ4v) is 2.60. The van der Waals surface area contributed by atoms with Gasteiger partial charge in [0.05, 0.1) is 17.3 Å². The summed E-state index contributed by atoms with van der Waals surface area (Å²) in [5.74, 6) is 0.310. The van der Waals surface area contributed by atoms with Crippen molar-refractivity contribution in [2.75, 3.05) is 11.9 Å². The molecule has 1 N–H and O–H groups in total. The Bertz CT molecular complexity index is 616. The molecule has 2 aromatic carbocycles. The molecule has 0 saturated carbocycles. The Morgan fingerprint density at radius 2 is 1.89 bits per heavy atom. The molecule has 1 aliphatic rings. The molecule has 5 heteroatoms. The maximum absolute atomic E-state index is 12.9. The molecule has 1 unspecified atom stereocenters. The van der Waals surface area contributed by atoms with Gasteiger partial charge in [-0.2, -0.15) is 0 Å². The standard InChI is InChI=1S/C14H10Cl2FNO/c15-9-5-11(16)14-12(6-9)18-7-13(19-14)8-1-3-10(17)4-2-8/h1-6,13,18H,7H2. The van der Waals surface area contributed by atoms with Crippen LogP contribution in [-0.2, 0) is 0 Å². The highest BCUT2D eigenvalue weighted by Gasteiger charge is 2.23. The highest BCUT2D eigenvalue weighted by atomic mass is 35.5. The summed E-state index contributed by atoms with van der Waals surface area (Å²) in [5, 5.41) is 4.24. The third-order valence-electron chi connectivity index (χ3n) is 2.99. The van der Waals surface area contributed by atoms with Gasteiger partial charge in [-0.25, -0.2) is 4.39 Å². The van der Waals surface area contributed by atoms with E-state index in [0.717, 1.165) is 11.3 Å². The maximum Gasteiger partial charge on any atom is 0.162 e. The lowest BCUT2D eigenvalue weighted by Gasteiger charge is -2.28. The summed E-state index contributed by atoms with van der Waals surface area (Å²) in [6.07, 6.45) is -0.202. The molecular formula is C14H10Cl2FNO. The van der Waals surface area contributed by atoms with Gasteiger partial charge in [0.25, 0.3) is 0 Å². The van der Waals surface area contributed by atoms with Gasteiger partial charge in [-0.3, -0.25) is 0 Å². The van der Waals surface area contributed by atoms with Crippen LogP contribution in [-0.4, -0.2) is 6.54 Å². The minimum absolute atomic E-state index is 0.202. The first kappa shape index (κ1) is 12.6. The van der Waals surface area contributed by atoms with E-state index < -0.39 is 0 Å². The molecule has 1 aliphatic heterocycles. The predicted octanol–water partition coefficient (Wildman–Crippen LogP) is 4.68. The number of hydrogen-bond acceptors (Lipinski definition) is 2. The van der Waals surface area contributed by atoms with E-state index in [-0.39, 0.29) is 11.9 Å². The van der Waals surface area contributed by atoms with Crippen molar-refractivity contribution in [2.24, 2.45) is 0 Å². The summed E-state index contributed by atoms with van der Waals surface area (Å²) in [6.45, 7) is 0.579. The van der Waals surface area contributed by atoms with Crippen molar-refractivity contribution in [1.29, 1.82) is 0 Å². The molecule has 1 heterocycles. The van der Waals surface area contributed by atoms with Crippen molar-refractivity contribution >= 4 is 28.9 Å². The molecular weight excluding hydrogens is 288 g/mol. The number of fused-ring (bicyclic) bond motifs is 1. The van der Waals surface area contributed by atoms with Crippen LogP contribution in [0.15, 0.2) is 36.4 Å². The third-order valence-corrected chi connectivity index (χ3v) is 3.49. The molecule has 0 amide bonds. The van der Waals surface area contributed by atoms with Crippen LogP contribution in [0.4, 0.5) is 10.1 Å². The highest BCUT2D eigenvalue weighted by Crippen LogP contribution is 2.41. The molecule has 2 aromatic rings. The van der Waals surface area contributed by atoms with Crippen molar-refractivity contribution in [1.82, 2.24) is 0 Å². The zero-order valence-corrected chi connectivity index (χ0v) is 11.3. The van der Waals surface area contributed by atoms with Gasteiger partial charge in [0.1, 0.15) is 11.9 Å². The molecule has 0 aliphatic carbocycles. The predicted molar refractivity (Wildman–Crippen MR) is 74.7 cm³/mol. The average molecular weight is 298 g/mol. The Hall–Kier alpha value is -1.45. The number of nitrogens with one attached hydrogen (secondary N) is 1. The number of ether oxygens (including phenoxy) is 1. The fourth-order valence-electron chi connectivity index (χ4n) is 2.06. The van der Waals surface area contributed by atoms with Crippen molar-refractivity contribution in [3.8, 4) is 5.75 Å². The molecule has 19 heavy (non-hydrogen) atoms. The third kappa shape index (κ3) is 2.48. The number of anilines is 1. The zero-order valence-electron chi connectivity index (χ0n) is 9.79. The first-order valence-corrected chi connectivity index (χ1v) is 6.54. The maximum atomic E-state index is 12.9. The lowest BCUT2D eigenvalue weighted by atomic mass is 10.1. The van der Waals surface area contributed by atoms with E-state index in [4.69, 9.17) is 27.9 Å². The Morgan fingerprint density at radius 1 is 1.16 bits per heavy atom. The molecule has 0 aromatic heterocycles. The van der Waals surface area contributed by atoms with Gasteiger partial charge in [0.2, 0.25) is 0 Å². The van der Waals surface area contributed by atoms with Gasteiger partial charge in [-0.05, 0) is 29.8 Å². The molecule has 98 valence electrons. The largest absolute Gasteiger partial charge is 0.480 e. The van der Waals surface area contributed by atoms with Gasteiger partial charge >= 0.3 is 0 Å². The molecule has 0 saturated heterocycles. The van der Waals surface area contributed by atoms with Gasteiger partial charge < -0.3 is 10.1 Å². The summed E-state index contributed by atoms with van der Waals surface area (Å²) in [7, 11) is 0. The molecule has 1 atom stereocenters. The monoisotopic (exact) mass is 297 g/mol. The van der Waals surface area contributed by atoms with E-state index in [1.54, 1.807) is 24.3 Å². The minimum Gasteiger partial charge on any atom is -0.480 e. The van der Waals surface area contributed by atoms with Crippen LogP contribution in [0.25, 0.3) is 0 Å². The van der Waals surface area contributed by atoms with E-state index in [1.165, 1.54) is 12.1 Å². The Labute approximate surface area is 120 Å². The zero-order chi connectivity index (χ0) is 13.4. The van der Waals surface area contributed by atoms with E-state index in [1.807, 2.05) is 0 Å². The number of hydrogen-bond donors (Lipinski definition) is 1. The van der Waals surface area contributed by atoms with E-state index in [2.05, 4.69) is 5.32 Å². The van der Waals surface area contributed by atoms with Crippen LogP contribution in [0.5, 0.6) is 5.75 Å². The van der Waals surface area contributed by atoms with Gasteiger partial charge in [-0.15, -0.1) is 0 Å². The van der Waals surface area contributed by atoms with Crippen LogP contribution in [0.2, 0.25) is 10.0 Å². The highest BCUT2D eigenvalue weighted by molar-refractivity contribution is 6.36. The van der Waals surface area contributed by atoms with Gasteiger partial charge in [0.15, 0.2) is 5.75 Å². The fraction of sp³-hybridized carbons (Fsp3) is 0.143. The van der Waals surface area contributed by atoms with Crippen LogP contribution in [0, 0.1) is 5.82 Å². The Kier molecular flexibility index (Phi) is 3.25. The summed E-state index contributed by atoms with van der Waals surface area (Å²) in [6, 6.07) is 9.64. The van der Waals surface area contributed by atoms with Gasteiger partial charge in [-0.1, -0.05) is 35.3 Å². The second kappa shape index (κ2) is 4.91. The van der Waals surface area contributed by atoms with Crippen molar-refractivity contribution in [3.63, 3.8) is 0 Å².